The van der Waals surface area contributed by atoms with E-state index in [4.69, 9.17) is 14.2 Å². The van der Waals surface area contributed by atoms with Gasteiger partial charge in [-0.05, 0) is 122 Å². The molecule has 1 atom stereocenters. The maximum absolute atomic E-state index is 12.8. The second-order valence-electron chi connectivity index (χ2n) is 17.7. The fourth-order valence-electron chi connectivity index (χ4n) is 7.18. The van der Waals surface area contributed by atoms with Crippen LogP contribution in [0.1, 0.15) is 239 Å². The van der Waals surface area contributed by atoms with Gasteiger partial charge in [0, 0.05) is 19.3 Å². The van der Waals surface area contributed by atoms with Crippen molar-refractivity contribution in [2.45, 2.75) is 245 Å². The molecular weight excluding hydrogens is 829 g/mol. The van der Waals surface area contributed by atoms with E-state index >= 15 is 0 Å². The first-order valence-electron chi connectivity index (χ1n) is 27.4. The van der Waals surface area contributed by atoms with Crippen LogP contribution in [0.2, 0.25) is 0 Å². The molecular formula is C61H100O6. The average molecular weight is 929 g/mol. The summed E-state index contributed by atoms with van der Waals surface area (Å²) in [6, 6.07) is 0. The van der Waals surface area contributed by atoms with Crippen LogP contribution in [0.3, 0.4) is 0 Å². The first-order chi connectivity index (χ1) is 33.0. The van der Waals surface area contributed by atoms with Crippen LogP contribution < -0.4 is 0 Å². The van der Waals surface area contributed by atoms with Crippen LogP contribution in [0.15, 0.2) is 109 Å². The molecule has 0 saturated heterocycles. The Morgan fingerprint density at radius 2 is 0.582 bits per heavy atom. The van der Waals surface area contributed by atoms with Crippen LogP contribution in [-0.4, -0.2) is 37.2 Å². The summed E-state index contributed by atoms with van der Waals surface area (Å²) in [5.74, 6) is -0.988. The Morgan fingerprint density at radius 3 is 0.955 bits per heavy atom. The van der Waals surface area contributed by atoms with Gasteiger partial charge >= 0.3 is 17.9 Å². The summed E-state index contributed by atoms with van der Waals surface area (Å²) in [5.41, 5.74) is 0. The van der Waals surface area contributed by atoms with Gasteiger partial charge < -0.3 is 14.2 Å². The molecule has 0 radical (unpaired) electrons. The number of hydrogen-bond donors (Lipinski definition) is 0. The molecule has 380 valence electrons. The number of unbranched alkanes of at least 4 members (excludes halogenated alkanes) is 19. The van der Waals surface area contributed by atoms with E-state index in [1.165, 1.54) is 83.5 Å². The number of rotatable bonds is 48. The molecule has 0 aliphatic heterocycles. The van der Waals surface area contributed by atoms with Gasteiger partial charge in [0.15, 0.2) is 6.10 Å². The van der Waals surface area contributed by atoms with Crippen LogP contribution in [0.5, 0.6) is 0 Å². The maximum Gasteiger partial charge on any atom is 0.306 e. The van der Waals surface area contributed by atoms with Crippen LogP contribution in [0.25, 0.3) is 0 Å². The first-order valence-corrected chi connectivity index (χ1v) is 27.4. The Hall–Kier alpha value is -3.93. The highest BCUT2D eigenvalue weighted by atomic mass is 16.6. The molecule has 0 heterocycles. The molecule has 0 aliphatic carbocycles. The van der Waals surface area contributed by atoms with E-state index < -0.39 is 6.10 Å². The van der Waals surface area contributed by atoms with E-state index in [0.717, 1.165) is 109 Å². The van der Waals surface area contributed by atoms with Crippen LogP contribution in [0, 0.1) is 0 Å². The zero-order valence-electron chi connectivity index (χ0n) is 43.4. The number of ether oxygens (including phenoxy) is 3. The van der Waals surface area contributed by atoms with Gasteiger partial charge in [-0.3, -0.25) is 14.4 Å². The molecule has 67 heavy (non-hydrogen) atoms. The molecule has 1 unspecified atom stereocenters. The summed E-state index contributed by atoms with van der Waals surface area (Å²) in [7, 11) is 0. The third-order valence-electron chi connectivity index (χ3n) is 11.2. The lowest BCUT2D eigenvalue weighted by Crippen LogP contribution is -2.30. The molecule has 0 aromatic rings. The molecule has 0 aromatic heterocycles. The second-order valence-corrected chi connectivity index (χ2v) is 17.7. The standard InChI is InChI=1S/C61H100O6/c1-4-7-10-13-16-19-22-25-27-28-29-30-31-32-34-36-39-42-45-48-51-54-60(63)66-57-58(56-65-59(62)53-50-47-44-41-38-35-24-21-18-15-12-9-6-3)67-61(64)55-52-49-46-43-40-37-33-26-23-20-17-14-11-8-5-2/h8-9,11-12,17-18,20-22,25-26,28-29,33,35,38,40,43,58H,4-7,10,13-16,19,23-24,27,30-32,34,36-37,39,41-42,44-57H2,1-3H3/b11-8-,12-9-,20-17-,21-18-,25-22-,29-28-,33-26-,38-35-,43-40-. The van der Waals surface area contributed by atoms with E-state index in [-0.39, 0.29) is 37.5 Å². The number of hydrogen-bond acceptors (Lipinski definition) is 6. The van der Waals surface area contributed by atoms with Crippen molar-refractivity contribution in [3.63, 3.8) is 0 Å². The van der Waals surface area contributed by atoms with Crippen LogP contribution in [0.4, 0.5) is 0 Å². The van der Waals surface area contributed by atoms with Gasteiger partial charge in [-0.2, -0.15) is 0 Å². The van der Waals surface area contributed by atoms with Crippen molar-refractivity contribution in [3.8, 4) is 0 Å². The zero-order valence-corrected chi connectivity index (χ0v) is 43.4. The van der Waals surface area contributed by atoms with Crippen molar-refractivity contribution in [2.24, 2.45) is 0 Å². The number of carbonyl (C=O) groups is 3. The molecule has 0 N–H and O–H groups in total. The Balaban J connectivity index is 4.44. The lowest BCUT2D eigenvalue weighted by molar-refractivity contribution is -0.167. The monoisotopic (exact) mass is 929 g/mol. The molecule has 0 fully saturated rings. The second kappa shape index (κ2) is 54.7. The van der Waals surface area contributed by atoms with Crippen molar-refractivity contribution in [3.05, 3.63) is 109 Å². The van der Waals surface area contributed by atoms with E-state index in [1.54, 1.807) is 0 Å². The molecule has 0 rings (SSSR count). The first kappa shape index (κ1) is 63.1. The van der Waals surface area contributed by atoms with Gasteiger partial charge in [-0.25, -0.2) is 0 Å². The van der Waals surface area contributed by atoms with E-state index in [0.29, 0.717) is 19.3 Å². The molecule has 0 aromatic carbocycles. The van der Waals surface area contributed by atoms with Crippen molar-refractivity contribution in [1.29, 1.82) is 0 Å². The largest absolute Gasteiger partial charge is 0.462 e. The Morgan fingerprint density at radius 1 is 0.313 bits per heavy atom. The summed E-state index contributed by atoms with van der Waals surface area (Å²) in [5, 5.41) is 0. The Bertz CT molecular complexity index is 1390. The minimum Gasteiger partial charge on any atom is -0.462 e. The third kappa shape index (κ3) is 52.9. The Labute approximate surface area is 412 Å². The topological polar surface area (TPSA) is 78.9 Å². The summed E-state index contributed by atoms with van der Waals surface area (Å²) in [6.07, 6.45) is 73.7. The quantitative estimate of drug-likeness (QED) is 0.0262. The lowest BCUT2D eigenvalue weighted by atomic mass is 10.1. The van der Waals surface area contributed by atoms with Gasteiger partial charge in [0.05, 0.1) is 0 Å². The lowest BCUT2D eigenvalue weighted by Gasteiger charge is -2.18. The van der Waals surface area contributed by atoms with Gasteiger partial charge in [0.25, 0.3) is 0 Å². The number of allylic oxidation sites excluding steroid dienone is 18. The highest BCUT2D eigenvalue weighted by molar-refractivity contribution is 5.71. The minimum absolute atomic E-state index is 0.108. The van der Waals surface area contributed by atoms with Crippen molar-refractivity contribution in [2.75, 3.05) is 13.2 Å². The van der Waals surface area contributed by atoms with Crippen LogP contribution >= 0.6 is 0 Å². The zero-order chi connectivity index (χ0) is 48.6. The number of carbonyl (C=O) groups excluding carboxylic acids is 3. The van der Waals surface area contributed by atoms with Gasteiger partial charge in [0.2, 0.25) is 0 Å². The summed E-state index contributed by atoms with van der Waals surface area (Å²) >= 11 is 0. The van der Waals surface area contributed by atoms with Gasteiger partial charge in [-0.1, -0.05) is 207 Å². The highest BCUT2D eigenvalue weighted by Gasteiger charge is 2.19. The Kier molecular flexibility index (Phi) is 51.5. The predicted molar refractivity (Wildman–Crippen MR) is 288 cm³/mol. The third-order valence-corrected chi connectivity index (χ3v) is 11.2. The van der Waals surface area contributed by atoms with Crippen molar-refractivity contribution < 1.29 is 28.6 Å². The fourth-order valence-corrected chi connectivity index (χ4v) is 7.18. The summed E-state index contributed by atoms with van der Waals surface area (Å²) in [6.45, 7) is 6.33. The predicted octanol–water partition coefficient (Wildman–Crippen LogP) is 18.3. The average Bonchev–Trinajstić information content (AvgIpc) is 3.33. The van der Waals surface area contributed by atoms with Crippen LogP contribution in [-0.2, 0) is 28.6 Å². The van der Waals surface area contributed by atoms with Gasteiger partial charge in [-0.15, -0.1) is 0 Å². The molecule has 6 heteroatoms. The molecule has 0 saturated carbocycles. The summed E-state index contributed by atoms with van der Waals surface area (Å²) < 4.78 is 16.8. The van der Waals surface area contributed by atoms with Crippen molar-refractivity contribution in [1.82, 2.24) is 0 Å². The van der Waals surface area contributed by atoms with E-state index in [2.05, 4.69) is 130 Å². The molecule has 6 nitrogen and oxygen atoms in total. The highest BCUT2D eigenvalue weighted by Crippen LogP contribution is 2.14. The SMILES string of the molecule is CC/C=C\C/C=C\C/C=C\C/C=C\CCCCC(=O)OC(COC(=O)CCCCC/C=C\C/C=C\C/C=C\CC)COC(=O)CCCCCCCCCCC/C=C\C/C=C\CCCCCCC. The molecule has 0 spiro atoms. The molecule has 0 aliphatic rings. The summed E-state index contributed by atoms with van der Waals surface area (Å²) in [4.78, 5) is 38.0. The molecule has 0 bridgehead atoms. The normalized spacial score (nSPS) is 12.9. The fraction of sp³-hybridized carbons (Fsp3) is 0.656. The van der Waals surface area contributed by atoms with Gasteiger partial charge in [0.1, 0.15) is 13.2 Å². The van der Waals surface area contributed by atoms with Crippen molar-refractivity contribution >= 4 is 17.9 Å². The number of esters is 3. The maximum atomic E-state index is 12.8. The van der Waals surface area contributed by atoms with E-state index in [1.807, 2.05) is 0 Å². The molecule has 0 amide bonds. The minimum atomic E-state index is -0.815. The van der Waals surface area contributed by atoms with E-state index in [9.17, 15) is 14.4 Å². The smallest absolute Gasteiger partial charge is 0.306 e.